The third kappa shape index (κ3) is 5.04. The van der Waals surface area contributed by atoms with E-state index in [1.165, 1.54) is 24.3 Å². The fourth-order valence-corrected chi connectivity index (χ4v) is 3.20. The Kier molecular flexibility index (Phi) is 5.90. The number of hydrogen-bond acceptors (Lipinski definition) is 4. The van der Waals surface area contributed by atoms with Gasteiger partial charge in [-0.25, -0.2) is 0 Å². The monoisotopic (exact) mass is 276 g/mol. The fraction of sp³-hybridized carbons (Fsp3) is 0.533. The van der Waals surface area contributed by atoms with Gasteiger partial charge in [0.25, 0.3) is 0 Å². The zero-order valence-corrected chi connectivity index (χ0v) is 11.9. The van der Waals surface area contributed by atoms with Crippen LogP contribution in [0.4, 0.5) is 5.69 Å². The van der Waals surface area contributed by atoms with Crippen molar-refractivity contribution in [3.8, 4) is 11.8 Å². The highest BCUT2D eigenvalue weighted by Gasteiger charge is 2.13. The summed E-state index contributed by atoms with van der Waals surface area (Å²) in [6, 6.07) is 10.8. The quantitative estimate of drug-likeness (QED) is 0.805. The van der Waals surface area contributed by atoms with Crippen LogP contribution in [-0.2, 0) is 0 Å². The maximum absolute atomic E-state index is 8.47. The Balaban J connectivity index is 1.82. The van der Waals surface area contributed by atoms with Crippen LogP contribution in [0.15, 0.2) is 24.3 Å². The topological polar surface area (TPSA) is 45.0 Å². The van der Waals surface area contributed by atoms with E-state index in [-0.39, 0.29) is 0 Å². The molecule has 3 nitrogen and oxygen atoms in total. The Labute approximate surface area is 119 Å². The van der Waals surface area contributed by atoms with Crippen molar-refractivity contribution in [1.29, 1.82) is 5.26 Å². The van der Waals surface area contributed by atoms with Crippen LogP contribution in [-0.4, -0.2) is 24.2 Å². The Morgan fingerprint density at radius 1 is 1.37 bits per heavy atom. The van der Waals surface area contributed by atoms with Gasteiger partial charge in [-0.1, -0.05) is 6.07 Å². The molecule has 0 unspecified atom stereocenters. The van der Waals surface area contributed by atoms with Gasteiger partial charge in [-0.05, 0) is 42.9 Å². The summed E-state index contributed by atoms with van der Waals surface area (Å²) in [6.07, 6.45) is 3.81. The van der Waals surface area contributed by atoms with Gasteiger partial charge in [0, 0.05) is 24.2 Å². The molecule has 19 heavy (non-hydrogen) atoms. The molecule has 0 spiro atoms. The first kappa shape index (κ1) is 14.1. The number of thioether (sulfide) groups is 1. The van der Waals surface area contributed by atoms with E-state index < -0.39 is 0 Å². The Morgan fingerprint density at radius 3 is 3.00 bits per heavy atom. The zero-order valence-electron chi connectivity index (χ0n) is 11.1. The van der Waals surface area contributed by atoms with Crippen molar-refractivity contribution in [2.75, 3.05) is 23.4 Å². The Bertz CT molecular complexity index is 424. The van der Waals surface area contributed by atoms with Crippen LogP contribution < -0.4 is 10.1 Å². The molecule has 1 aromatic rings. The van der Waals surface area contributed by atoms with E-state index in [2.05, 4.69) is 17.5 Å². The average molecular weight is 276 g/mol. The standard InChI is InChI=1S/C15H20N2OS/c16-8-1-2-9-18-15-5-3-4-14(12-15)17-13-6-10-19-11-7-13/h3-5,12-13,17H,1-2,6-7,9-11H2. The lowest BCUT2D eigenvalue weighted by Crippen LogP contribution is -2.24. The van der Waals surface area contributed by atoms with Gasteiger partial charge < -0.3 is 10.1 Å². The summed E-state index contributed by atoms with van der Waals surface area (Å²) in [6.45, 7) is 0.608. The maximum atomic E-state index is 8.47. The molecule has 4 heteroatoms. The molecule has 0 aromatic heterocycles. The first-order chi connectivity index (χ1) is 9.38. The van der Waals surface area contributed by atoms with E-state index in [0.29, 0.717) is 19.1 Å². The highest BCUT2D eigenvalue weighted by molar-refractivity contribution is 7.99. The van der Waals surface area contributed by atoms with Crippen LogP contribution >= 0.6 is 11.8 Å². The zero-order chi connectivity index (χ0) is 13.3. The molecule has 102 valence electrons. The van der Waals surface area contributed by atoms with E-state index in [0.717, 1.165) is 17.9 Å². The molecule has 0 atom stereocenters. The number of anilines is 1. The second-order valence-corrected chi connectivity index (χ2v) is 5.89. The highest BCUT2D eigenvalue weighted by atomic mass is 32.2. The van der Waals surface area contributed by atoms with Crippen molar-refractivity contribution in [2.45, 2.75) is 31.7 Å². The molecular weight excluding hydrogens is 256 g/mol. The number of nitriles is 1. The van der Waals surface area contributed by atoms with Crippen LogP contribution in [0.5, 0.6) is 5.75 Å². The molecule has 2 rings (SSSR count). The SMILES string of the molecule is N#CCCCOc1cccc(NC2CCSCC2)c1. The number of nitrogens with zero attached hydrogens (tertiary/aromatic N) is 1. The Morgan fingerprint density at radius 2 is 2.21 bits per heavy atom. The number of rotatable bonds is 6. The fourth-order valence-electron chi connectivity index (χ4n) is 2.09. The van der Waals surface area contributed by atoms with Gasteiger partial charge in [-0.2, -0.15) is 17.0 Å². The molecule has 1 aliphatic heterocycles. The predicted octanol–water partition coefficient (Wildman–Crippen LogP) is 3.68. The third-order valence-corrected chi connectivity index (χ3v) is 4.18. The van der Waals surface area contributed by atoms with Crippen molar-refractivity contribution >= 4 is 17.4 Å². The molecule has 1 aromatic carbocycles. The maximum Gasteiger partial charge on any atom is 0.121 e. The minimum absolute atomic E-state index is 0.553. The summed E-state index contributed by atoms with van der Waals surface area (Å²) in [5, 5.41) is 12.0. The number of ether oxygens (including phenoxy) is 1. The van der Waals surface area contributed by atoms with Crippen molar-refractivity contribution in [3.63, 3.8) is 0 Å². The average Bonchev–Trinajstić information content (AvgIpc) is 2.45. The minimum atomic E-state index is 0.553. The van der Waals surface area contributed by atoms with Crippen LogP contribution in [0.2, 0.25) is 0 Å². The molecule has 0 saturated carbocycles. The minimum Gasteiger partial charge on any atom is -0.493 e. The van der Waals surface area contributed by atoms with Gasteiger partial charge in [0.1, 0.15) is 5.75 Å². The third-order valence-electron chi connectivity index (χ3n) is 3.13. The normalized spacial score (nSPS) is 15.7. The smallest absolute Gasteiger partial charge is 0.121 e. The molecule has 0 aliphatic carbocycles. The molecular formula is C15H20N2OS. The first-order valence-corrected chi connectivity index (χ1v) is 7.98. The predicted molar refractivity (Wildman–Crippen MR) is 80.8 cm³/mol. The summed E-state index contributed by atoms with van der Waals surface area (Å²) < 4.78 is 5.64. The van der Waals surface area contributed by atoms with Gasteiger partial charge in [0.15, 0.2) is 0 Å². The van der Waals surface area contributed by atoms with Crippen molar-refractivity contribution in [3.05, 3.63) is 24.3 Å². The van der Waals surface area contributed by atoms with E-state index in [9.17, 15) is 0 Å². The van der Waals surface area contributed by atoms with Crippen molar-refractivity contribution in [1.82, 2.24) is 0 Å². The van der Waals surface area contributed by atoms with Crippen molar-refractivity contribution in [2.24, 2.45) is 0 Å². The van der Waals surface area contributed by atoms with Gasteiger partial charge in [0.05, 0.1) is 12.7 Å². The van der Waals surface area contributed by atoms with E-state index in [1.807, 2.05) is 30.0 Å². The summed E-state index contributed by atoms with van der Waals surface area (Å²) in [4.78, 5) is 0. The molecule has 1 aliphatic rings. The first-order valence-electron chi connectivity index (χ1n) is 6.82. The Hall–Kier alpha value is -1.34. The molecule has 1 heterocycles. The summed E-state index contributed by atoms with van der Waals surface area (Å²) in [5.74, 6) is 3.39. The second kappa shape index (κ2) is 7.96. The molecule has 0 bridgehead atoms. The van der Waals surface area contributed by atoms with Crippen LogP contribution in [0.3, 0.4) is 0 Å². The van der Waals surface area contributed by atoms with Gasteiger partial charge in [-0.15, -0.1) is 0 Å². The number of benzene rings is 1. The second-order valence-electron chi connectivity index (χ2n) is 4.67. The lowest BCUT2D eigenvalue weighted by Gasteiger charge is -2.23. The van der Waals surface area contributed by atoms with Gasteiger partial charge in [-0.3, -0.25) is 0 Å². The molecule has 1 N–H and O–H groups in total. The van der Waals surface area contributed by atoms with Crippen LogP contribution in [0.1, 0.15) is 25.7 Å². The van der Waals surface area contributed by atoms with E-state index in [4.69, 9.17) is 10.00 Å². The number of nitrogens with one attached hydrogen (secondary N) is 1. The van der Waals surface area contributed by atoms with E-state index >= 15 is 0 Å². The summed E-state index contributed by atoms with van der Waals surface area (Å²) >= 11 is 2.04. The lowest BCUT2D eigenvalue weighted by atomic mass is 10.1. The molecule has 1 saturated heterocycles. The van der Waals surface area contributed by atoms with Crippen LogP contribution in [0, 0.1) is 11.3 Å². The molecule has 0 radical (unpaired) electrons. The number of hydrogen-bond donors (Lipinski definition) is 1. The highest BCUT2D eigenvalue weighted by Crippen LogP contribution is 2.23. The summed E-state index contributed by atoms with van der Waals surface area (Å²) in [7, 11) is 0. The lowest BCUT2D eigenvalue weighted by molar-refractivity contribution is 0.313. The molecule has 1 fully saturated rings. The van der Waals surface area contributed by atoms with Gasteiger partial charge in [0.2, 0.25) is 0 Å². The number of unbranched alkanes of at least 4 members (excludes halogenated alkanes) is 1. The summed E-state index contributed by atoms with van der Waals surface area (Å²) in [5.41, 5.74) is 1.13. The van der Waals surface area contributed by atoms with Crippen LogP contribution in [0.25, 0.3) is 0 Å². The van der Waals surface area contributed by atoms with E-state index in [1.54, 1.807) is 0 Å². The molecule has 0 amide bonds. The van der Waals surface area contributed by atoms with Gasteiger partial charge >= 0.3 is 0 Å². The van der Waals surface area contributed by atoms with Crippen molar-refractivity contribution < 1.29 is 4.74 Å². The largest absolute Gasteiger partial charge is 0.493 e.